The molecule has 0 saturated heterocycles. The van der Waals surface area contributed by atoms with Gasteiger partial charge in [-0.3, -0.25) is 8.89 Å². The van der Waals surface area contributed by atoms with Crippen molar-refractivity contribution in [3.05, 3.63) is 77.6 Å². The van der Waals surface area contributed by atoms with Crippen LogP contribution in [0.5, 0.6) is 0 Å². The molecule has 2 aromatic carbocycles. The number of hydrogen-bond donors (Lipinski definition) is 2. The van der Waals surface area contributed by atoms with Gasteiger partial charge in [-0.25, -0.2) is 4.79 Å². The molecule has 29 heavy (non-hydrogen) atoms. The van der Waals surface area contributed by atoms with Gasteiger partial charge in [-0.05, 0) is 43.0 Å². The van der Waals surface area contributed by atoms with Gasteiger partial charge in [-0.15, -0.1) is 0 Å². The van der Waals surface area contributed by atoms with Gasteiger partial charge in [0.1, 0.15) is 0 Å². The highest BCUT2D eigenvalue weighted by Gasteiger charge is 2.25. The van der Waals surface area contributed by atoms with Crippen LogP contribution in [-0.4, -0.2) is 26.3 Å². The van der Waals surface area contributed by atoms with Crippen molar-refractivity contribution in [1.82, 2.24) is 15.1 Å². The third-order valence-corrected chi connectivity index (χ3v) is 6.08. The topological polar surface area (TPSA) is 76.0 Å². The van der Waals surface area contributed by atoms with E-state index in [4.69, 9.17) is 0 Å². The van der Waals surface area contributed by atoms with E-state index >= 15 is 0 Å². The fourth-order valence-electron chi connectivity index (χ4n) is 3.74. The maximum absolute atomic E-state index is 12.5. The minimum atomic E-state index is -1.09. The zero-order valence-electron chi connectivity index (χ0n) is 16.3. The molecule has 0 aliphatic heterocycles. The predicted molar refractivity (Wildman–Crippen MR) is 114 cm³/mol. The second-order valence-corrected chi connectivity index (χ2v) is 8.59. The smallest absolute Gasteiger partial charge is 0.319 e. The first-order valence-corrected chi connectivity index (χ1v) is 11.3. The quantitative estimate of drug-likeness (QED) is 0.673. The number of nitrogens with zero attached hydrogens (tertiary/aromatic N) is 2. The van der Waals surface area contributed by atoms with Crippen molar-refractivity contribution in [3.8, 4) is 0 Å². The highest BCUT2D eigenvalue weighted by atomic mass is 32.2. The third kappa shape index (κ3) is 4.56. The Kier molecular flexibility index (Phi) is 5.76. The number of rotatable bonds is 5. The van der Waals surface area contributed by atoms with Crippen LogP contribution in [0.15, 0.2) is 65.7 Å². The minimum Gasteiger partial charge on any atom is -0.331 e. The Morgan fingerprint density at radius 2 is 2.03 bits per heavy atom. The molecule has 1 heterocycles. The number of anilines is 1. The van der Waals surface area contributed by atoms with E-state index < -0.39 is 10.8 Å². The van der Waals surface area contributed by atoms with Crippen molar-refractivity contribution in [3.63, 3.8) is 0 Å². The molecule has 2 amide bonds. The van der Waals surface area contributed by atoms with Crippen LogP contribution in [0.3, 0.4) is 0 Å². The maximum atomic E-state index is 12.5. The van der Waals surface area contributed by atoms with Gasteiger partial charge in [0.2, 0.25) is 0 Å². The van der Waals surface area contributed by atoms with Crippen LogP contribution < -0.4 is 10.6 Å². The van der Waals surface area contributed by atoms with Crippen molar-refractivity contribution in [2.24, 2.45) is 0 Å². The summed E-state index contributed by atoms with van der Waals surface area (Å²) in [6.07, 6.45) is 6.35. The van der Waals surface area contributed by atoms with Gasteiger partial charge in [0.05, 0.1) is 18.8 Å². The van der Waals surface area contributed by atoms with Crippen LogP contribution in [0.25, 0.3) is 0 Å². The SMILES string of the molecule is CS(=O)c1cccc(NC(=O)NC2CCCc3c2cnn3Cc2ccccc2)c1. The number of benzene rings is 2. The lowest BCUT2D eigenvalue weighted by molar-refractivity contribution is 0.247. The fraction of sp³-hybridized carbons (Fsp3) is 0.273. The lowest BCUT2D eigenvalue weighted by Gasteiger charge is -2.24. The molecule has 2 unspecified atom stereocenters. The van der Waals surface area contributed by atoms with E-state index in [1.54, 1.807) is 30.5 Å². The van der Waals surface area contributed by atoms with E-state index in [9.17, 15) is 9.00 Å². The number of carbonyl (C=O) groups excluding carboxylic acids is 1. The molecule has 1 aromatic heterocycles. The van der Waals surface area contributed by atoms with Crippen molar-refractivity contribution in [2.75, 3.05) is 11.6 Å². The molecular weight excluding hydrogens is 384 g/mol. The standard InChI is InChI=1S/C22H24N4O2S/c1-29(28)18-10-5-9-17(13-18)24-22(27)25-20-11-6-12-21-19(20)14-23-26(21)15-16-7-3-2-4-8-16/h2-5,7-10,13-14,20H,6,11-12,15H2,1H3,(H2,24,25,27). The van der Waals surface area contributed by atoms with Crippen molar-refractivity contribution < 1.29 is 9.00 Å². The van der Waals surface area contributed by atoms with Crippen LogP contribution in [0.2, 0.25) is 0 Å². The zero-order valence-corrected chi connectivity index (χ0v) is 17.1. The highest BCUT2D eigenvalue weighted by Crippen LogP contribution is 2.30. The molecule has 1 aliphatic rings. The normalized spacial score (nSPS) is 16.7. The van der Waals surface area contributed by atoms with E-state index in [0.717, 1.165) is 31.4 Å². The van der Waals surface area contributed by atoms with E-state index in [1.165, 1.54) is 11.3 Å². The summed E-state index contributed by atoms with van der Waals surface area (Å²) in [6.45, 7) is 0.732. The van der Waals surface area contributed by atoms with Crippen LogP contribution in [-0.2, 0) is 23.8 Å². The highest BCUT2D eigenvalue weighted by molar-refractivity contribution is 7.84. The fourth-order valence-corrected chi connectivity index (χ4v) is 4.30. The molecule has 1 aliphatic carbocycles. The average molecular weight is 409 g/mol. The van der Waals surface area contributed by atoms with Gasteiger partial charge >= 0.3 is 6.03 Å². The first-order valence-electron chi connectivity index (χ1n) is 9.69. The van der Waals surface area contributed by atoms with Crippen molar-refractivity contribution >= 4 is 22.5 Å². The third-order valence-electron chi connectivity index (χ3n) is 5.17. The second-order valence-electron chi connectivity index (χ2n) is 7.22. The maximum Gasteiger partial charge on any atom is 0.319 e. The second kappa shape index (κ2) is 8.61. The molecule has 6 nitrogen and oxygen atoms in total. The molecule has 2 atom stereocenters. The van der Waals surface area contributed by atoms with Gasteiger partial charge in [0.25, 0.3) is 0 Å². The molecular formula is C22H24N4O2S. The van der Waals surface area contributed by atoms with Crippen LogP contribution >= 0.6 is 0 Å². The number of nitrogens with one attached hydrogen (secondary N) is 2. The Labute approximate surface area is 172 Å². The molecule has 0 fully saturated rings. The summed E-state index contributed by atoms with van der Waals surface area (Å²) in [5.41, 5.74) is 4.12. The molecule has 2 N–H and O–H groups in total. The lowest BCUT2D eigenvalue weighted by atomic mass is 9.93. The summed E-state index contributed by atoms with van der Waals surface area (Å²) in [5.74, 6) is 0. The van der Waals surface area contributed by atoms with Crippen LogP contribution in [0.1, 0.15) is 35.7 Å². The molecule has 7 heteroatoms. The van der Waals surface area contributed by atoms with E-state index in [0.29, 0.717) is 10.6 Å². The van der Waals surface area contributed by atoms with Gasteiger partial charge in [0.15, 0.2) is 0 Å². The van der Waals surface area contributed by atoms with E-state index in [1.807, 2.05) is 29.1 Å². The van der Waals surface area contributed by atoms with Gasteiger partial charge in [-0.2, -0.15) is 5.10 Å². The Hall–Kier alpha value is -2.93. The first-order chi connectivity index (χ1) is 14.1. The largest absolute Gasteiger partial charge is 0.331 e. The zero-order chi connectivity index (χ0) is 20.2. The molecule has 0 saturated carbocycles. The molecule has 150 valence electrons. The Morgan fingerprint density at radius 3 is 2.83 bits per heavy atom. The van der Waals surface area contributed by atoms with Gasteiger partial charge in [-0.1, -0.05) is 36.4 Å². The Bertz CT molecular complexity index is 1030. The number of hydrogen-bond acceptors (Lipinski definition) is 3. The molecule has 0 bridgehead atoms. The molecule has 3 aromatic rings. The summed E-state index contributed by atoms with van der Waals surface area (Å²) in [4.78, 5) is 13.2. The number of aromatic nitrogens is 2. The summed E-state index contributed by atoms with van der Waals surface area (Å²) in [7, 11) is -1.09. The summed E-state index contributed by atoms with van der Waals surface area (Å²) in [6, 6.07) is 17.0. The Morgan fingerprint density at radius 1 is 1.21 bits per heavy atom. The summed E-state index contributed by atoms with van der Waals surface area (Å²) < 4.78 is 13.7. The molecule has 0 spiro atoms. The Balaban J connectivity index is 1.45. The number of amides is 2. The van der Waals surface area contributed by atoms with Crippen molar-refractivity contribution in [2.45, 2.75) is 36.7 Å². The average Bonchev–Trinajstić information content (AvgIpc) is 3.13. The number of urea groups is 1. The first kappa shape index (κ1) is 19.4. The monoisotopic (exact) mass is 408 g/mol. The predicted octanol–water partition coefficient (Wildman–Crippen LogP) is 3.87. The van der Waals surface area contributed by atoms with Crippen molar-refractivity contribution in [1.29, 1.82) is 0 Å². The molecule has 4 rings (SSSR count). The number of carbonyl (C=O) groups is 1. The van der Waals surface area contributed by atoms with E-state index in [-0.39, 0.29) is 12.1 Å². The summed E-state index contributed by atoms with van der Waals surface area (Å²) >= 11 is 0. The van der Waals surface area contributed by atoms with Gasteiger partial charge in [0, 0.05) is 38.9 Å². The van der Waals surface area contributed by atoms with Gasteiger partial charge < -0.3 is 10.6 Å². The van der Waals surface area contributed by atoms with E-state index in [2.05, 4.69) is 27.9 Å². The lowest BCUT2D eigenvalue weighted by Crippen LogP contribution is -2.34. The molecule has 0 radical (unpaired) electrons. The van der Waals surface area contributed by atoms with Crippen LogP contribution in [0, 0.1) is 0 Å². The number of fused-ring (bicyclic) bond motifs is 1. The summed E-state index contributed by atoms with van der Waals surface area (Å²) in [5, 5.41) is 10.5. The minimum absolute atomic E-state index is 0.0632. The van der Waals surface area contributed by atoms with Crippen LogP contribution in [0.4, 0.5) is 10.5 Å².